The molecule has 2 aliphatic rings. The molecule has 2 aliphatic heterocycles. The highest BCUT2D eigenvalue weighted by Gasteiger charge is 2.31. The van der Waals surface area contributed by atoms with Gasteiger partial charge in [0.25, 0.3) is 0 Å². The van der Waals surface area contributed by atoms with Gasteiger partial charge in [-0.15, -0.1) is 12.4 Å². The summed E-state index contributed by atoms with van der Waals surface area (Å²) in [6.45, 7) is 3.50. The molecular formula is C24H26ClN3O2. The number of aromatic hydroxyl groups is 1. The molecule has 2 atom stereocenters. The zero-order valence-corrected chi connectivity index (χ0v) is 17.6. The van der Waals surface area contributed by atoms with Crippen LogP contribution in [0.3, 0.4) is 0 Å². The maximum Gasteiger partial charge on any atom is 0.132 e. The van der Waals surface area contributed by atoms with Gasteiger partial charge in [0, 0.05) is 18.7 Å². The average Bonchev–Trinajstić information content (AvgIpc) is 2.74. The van der Waals surface area contributed by atoms with Crippen molar-refractivity contribution in [3.63, 3.8) is 0 Å². The standard InChI is InChI=1S/C24H25N3O2.ClH/c25-24-19-14-27-11-5-8-17(13-27)18(19)12-20(26-24)23-21(28)9-4-10-22(23)29-15-16-6-2-1-3-7-16;/h1-4,6-7,9-10,12,17,28H,5,8,11,13-15H2,(H2,25,26);1H. The average molecular weight is 424 g/mol. The van der Waals surface area contributed by atoms with Gasteiger partial charge >= 0.3 is 0 Å². The number of hydrogen-bond donors (Lipinski definition) is 2. The number of hydrogen-bond acceptors (Lipinski definition) is 5. The largest absolute Gasteiger partial charge is 0.507 e. The first-order chi connectivity index (χ1) is 14.2. The van der Waals surface area contributed by atoms with Gasteiger partial charge in [0.2, 0.25) is 0 Å². The van der Waals surface area contributed by atoms with Gasteiger partial charge in [-0.05, 0) is 54.6 Å². The summed E-state index contributed by atoms with van der Waals surface area (Å²) in [5, 5.41) is 10.6. The molecule has 156 valence electrons. The molecule has 1 saturated heterocycles. The molecule has 3 heterocycles. The fourth-order valence-electron chi connectivity index (χ4n) is 4.59. The molecule has 5 nitrogen and oxygen atoms in total. The van der Waals surface area contributed by atoms with E-state index in [0.717, 1.165) is 30.8 Å². The van der Waals surface area contributed by atoms with Crippen molar-refractivity contribution in [1.29, 1.82) is 0 Å². The number of phenols is 1. The van der Waals surface area contributed by atoms with Gasteiger partial charge in [0.05, 0.1) is 11.3 Å². The Bertz CT molecular complexity index is 1040. The molecule has 30 heavy (non-hydrogen) atoms. The predicted molar refractivity (Wildman–Crippen MR) is 121 cm³/mol. The molecule has 6 heteroatoms. The van der Waals surface area contributed by atoms with Gasteiger partial charge in [-0.1, -0.05) is 36.4 Å². The first kappa shape index (κ1) is 20.5. The van der Waals surface area contributed by atoms with Crippen LogP contribution >= 0.6 is 12.4 Å². The summed E-state index contributed by atoms with van der Waals surface area (Å²) < 4.78 is 6.07. The van der Waals surface area contributed by atoms with Crippen molar-refractivity contribution in [2.24, 2.45) is 0 Å². The van der Waals surface area contributed by atoms with Crippen LogP contribution in [0.4, 0.5) is 5.82 Å². The maximum absolute atomic E-state index is 10.6. The summed E-state index contributed by atoms with van der Waals surface area (Å²) in [6, 6.07) is 17.4. The summed E-state index contributed by atoms with van der Waals surface area (Å²) in [4.78, 5) is 7.13. The van der Waals surface area contributed by atoms with Crippen molar-refractivity contribution < 1.29 is 9.84 Å². The lowest BCUT2D eigenvalue weighted by molar-refractivity contribution is 0.182. The van der Waals surface area contributed by atoms with Crippen molar-refractivity contribution >= 4 is 18.2 Å². The van der Waals surface area contributed by atoms with E-state index in [0.29, 0.717) is 35.3 Å². The Labute approximate surface area is 182 Å². The summed E-state index contributed by atoms with van der Waals surface area (Å²) in [7, 11) is 0. The number of phenolic OH excluding ortho intramolecular Hbond substituents is 1. The van der Waals surface area contributed by atoms with Gasteiger partial charge in [-0.2, -0.15) is 0 Å². The number of pyridine rings is 1. The van der Waals surface area contributed by atoms with Crippen molar-refractivity contribution in [2.45, 2.75) is 31.9 Å². The van der Waals surface area contributed by atoms with E-state index in [2.05, 4.69) is 16.0 Å². The number of piperidine rings is 1. The van der Waals surface area contributed by atoms with Gasteiger partial charge in [0.15, 0.2) is 0 Å². The third-order valence-corrected chi connectivity index (χ3v) is 6.02. The second-order valence-corrected chi connectivity index (χ2v) is 7.96. The number of nitrogens with zero attached hydrogens (tertiary/aromatic N) is 2. The number of nitrogens with two attached hydrogens (primary N) is 1. The summed E-state index contributed by atoms with van der Waals surface area (Å²) in [6.07, 6.45) is 2.38. The lowest BCUT2D eigenvalue weighted by atomic mass is 9.83. The lowest BCUT2D eigenvalue weighted by Gasteiger charge is -2.39. The summed E-state index contributed by atoms with van der Waals surface area (Å²) in [5.41, 5.74) is 11.2. The van der Waals surface area contributed by atoms with Gasteiger partial charge in [-0.25, -0.2) is 4.98 Å². The van der Waals surface area contributed by atoms with Crippen molar-refractivity contribution in [3.05, 3.63) is 71.3 Å². The smallest absolute Gasteiger partial charge is 0.132 e. The van der Waals surface area contributed by atoms with Crippen molar-refractivity contribution in [1.82, 2.24) is 9.88 Å². The molecule has 0 aliphatic carbocycles. The molecule has 0 radical (unpaired) electrons. The van der Waals surface area contributed by atoms with Crippen LogP contribution < -0.4 is 10.5 Å². The van der Waals surface area contributed by atoms with Gasteiger partial charge < -0.3 is 15.6 Å². The van der Waals surface area contributed by atoms with Crippen molar-refractivity contribution in [2.75, 3.05) is 18.8 Å². The number of aromatic nitrogens is 1. The number of fused-ring (bicyclic) bond motifs is 4. The van der Waals surface area contributed by atoms with E-state index in [4.69, 9.17) is 10.5 Å². The number of benzene rings is 2. The van der Waals surface area contributed by atoms with Gasteiger partial charge in [0.1, 0.15) is 23.9 Å². The summed E-state index contributed by atoms with van der Waals surface area (Å²) >= 11 is 0. The lowest BCUT2D eigenvalue weighted by Crippen LogP contribution is -2.38. The zero-order valence-electron chi connectivity index (χ0n) is 16.8. The molecular weight excluding hydrogens is 398 g/mol. The van der Waals surface area contributed by atoms with E-state index in [-0.39, 0.29) is 18.2 Å². The van der Waals surface area contributed by atoms with Crippen LogP contribution in [0.25, 0.3) is 11.3 Å². The molecule has 2 unspecified atom stereocenters. The van der Waals surface area contributed by atoms with Crippen LogP contribution in [0.15, 0.2) is 54.6 Å². The van der Waals surface area contributed by atoms with E-state index < -0.39 is 0 Å². The number of ether oxygens (including phenoxy) is 1. The molecule has 1 aromatic heterocycles. The van der Waals surface area contributed by atoms with Crippen molar-refractivity contribution in [3.8, 4) is 22.8 Å². The summed E-state index contributed by atoms with van der Waals surface area (Å²) in [5.74, 6) is 1.81. The Balaban J connectivity index is 0.00000218. The zero-order chi connectivity index (χ0) is 19.8. The number of nitrogen functional groups attached to an aromatic ring is 1. The normalized spacial score (nSPS) is 19.5. The van der Waals surface area contributed by atoms with E-state index >= 15 is 0 Å². The van der Waals surface area contributed by atoms with E-state index in [9.17, 15) is 5.11 Å². The Kier molecular flexibility index (Phi) is 5.84. The quantitative estimate of drug-likeness (QED) is 0.634. The van der Waals surface area contributed by atoms with Crippen LogP contribution in [-0.4, -0.2) is 28.1 Å². The van der Waals surface area contributed by atoms with E-state index in [1.807, 2.05) is 36.4 Å². The number of halogens is 1. The molecule has 0 amide bonds. The minimum absolute atomic E-state index is 0. The number of anilines is 1. The highest BCUT2D eigenvalue weighted by atomic mass is 35.5. The molecule has 0 spiro atoms. The maximum atomic E-state index is 10.6. The molecule has 0 saturated carbocycles. The SMILES string of the molecule is Cl.Nc1nc(-c2c(O)cccc2OCc2ccccc2)cc2c1CN1CCCC2C1. The third kappa shape index (κ3) is 3.83. The highest BCUT2D eigenvalue weighted by molar-refractivity contribution is 5.85. The van der Waals surface area contributed by atoms with Crippen LogP contribution in [0.2, 0.25) is 0 Å². The fourth-order valence-corrected chi connectivity index (χ4v) is 4.59. The van der Waals surface area contributed by atoms with E-state index in [1.165, 1.54) is 18.4 Å². The molecule has 5 rings (SSSR count). The molecule has 3 N–H and O–H groups in total. The fraction of sp³-hybridized carbons (Fsp3) is 0.292. The van der Waals surface area contributed by atoms with Crippen LogP contribution in [-0.2, 0) is 13.2 Å². The minimum Gasteiger partial charge on any atom is -0.507 e. The Morgan fingerprint density at radius 1 is 1.13 bits per heavy atom. The molecule has 2 bridgehead atoms. The van der Waals surface area contributed by atoms with Gasteiger partial charge in [-0.3, -0.25) is 4.90 Å². The Morgan fingerprint density at radius 3 is 2.80 bits per heavy atom. The Morgan fingerprint density at radius 2 is 1.97 bits per heavy atom. The molecule has 2 aromatic carbocycles. The van der Waals surface area contributed by atoms with Crippen LogP contribution in [0.1, 0.15) is 35.4 Å². The molecule has 1 fully saturated rings. The van der Waals surface area contributed by atoms with E-state index in [1.54, 1.807) is 12.1 Å². The van der Waals surface area contributed by atoms with Crippen LogP contribution in [0, 0.1) is 0 Å². The first-order valence-electron chi connectivity index (χ1n) is 10.2. The molecule has 3 aromatic rings. The third-order valence-electron chi connectivity index (χ3n) is 6.02. The topological polar surface area (TPSA) is 71.6 Å². The minimum atomic E-state index is 0. The second kappa shape index (κ2) is 8.54. The Hall–Kier alpha value is -2.76. The first-order valence-corrected chi connectivity index (χ1v) is 10.2. The highest BCUT2D eigenvalue weighted by Crippen LogP contribution is 2.42. The second-order valence-electron chi connectivity index (χ2n) is 7.96. The number of rotatable bonds is 4. The van der Waals surface area contributed by atoms with Crippen LogP contribution in [0.5, 0.6) is 11.5 Å². The monoisotopic (exact) mass is 423 g/mol. The predicted octanol–water partition coefficient (Wildman–Crippen LogP) is 4.73.